The third kappa shape index (κ3) is 3.67. The molecule has 0 saturated carbocycles. The van der Waals surface area contributed by atoms with Gasteiger partial charge in [-0.3, -0.25) is 19.3 Å². The molecule has 1 aliphatic heterocycles. The highest BCUT2D eigenvalue weighted by atomic mass is 16.7. The van der Waals surface area contributed by atoms with Crippen LogP contribution >= 0.6 is 0 Å². The third-order valence-electron chi connectivity index (χ3n) is 3.30. The van der Waals surface area contributed by atoms with Crippen LogP contribution in [0.1, 0.15) is 33.3 Å². The van der Waals surface area contributed by atoms with Crippen molar-refractivity contribution in [2.75, 3.05) is 0 Å². The summed E-state index contributed by atoms with van der Waals surface area (Å²) < 4.78 is 0. The zero-order valence-corrected chi connectivity index (χ0v) is 13.7. The van der Waals surface area contributed by atoms with Gasteiger partial charge in [-0.25, -0.2) is 9.86 Å². The number of hydrogen-bond donors (Lipinski definition) is 0. The van der Waals surface area contributed by atoms with E-state index in [0.717, 1.165) is 15.5 Å². The van der Waals surface area contributed by atoms with E-state index in [1.807, 2.05) is 30.3 Å². The Labute approximate surface area is 135 Å². The number of rotatable bonds is 3. The molecule has 1 atom stereocenters. The summed E-state index contributed by atoms with van der Waals surface area (Å²) in [6.45, 7) is 7.00. The van der Waals surface area contributed by atoms with Gasteiger partial charge in [-0.15, -0.1) is 0 Å². The molecule has 23 heavy (non-hydrogen) atoms. The van der Waals surface area contributed by atoms with Gasteiger partial charge in [0.1, 0.15) is 6.04 Å². The molecule has 0 radical (unpaired) electrons. The average molecular weight is 316 g/mol. The first kappa shape index (κ1) is 16.9. The Morgan fingerprint density at radius 2 is 1.78 bits per heavy atom. The van der Waals surface area contributed by atoms with E-state index < -0.39 is 17.6 Å². The number of carbonyl (C=O) groups excluding carboxylic acids is 3. The molecule has 1 aromatic carbocycles. The Bertz CT molecular complexity index is 657. The van der Waals surface area contributed by atoms with E-state index >= 15 is 0 Å². The highest BCUT2D eigenvalue weighted by Gasteiger charge is 2.43. The van der Waals surface area contributed by atoms with Gasteiger partial charge in [-0.2, -0.15) is 0 Å². The molecule has 0 unspecified atom stereocenters. The minimum atomic E-state index is -0.817. The monoisotopic (exact) mass is 316 g/mol. The molecule has 0 bridgehead atoms. The van der Waals surface area contributed by atoms with Crippen molar-refractivity contribution in [1.29, 1.82) is 0 Å². The van der Waals surface area contributed by atoms with Crippen molar-refractivity contribution in [3.05, 3.63) is 41.6 Å². The van der Waals surface area contributed by atoms with Gasteiger partial charge in [0.15, 0.2) is 11.6 Å². The van der Waals surface area contributed by atoms with E-state index in [9.17, 15) is 14.4 Å². The fourth-order valence-corrected chi connectivity index (χ4v) is 2.27. The summed E-state index contributed by atoms with van der Waals surface area (Å²) in [6, 6.07) is 8.33. The molecule has 1 heterocycles. The van der Waals surface area contributed by atoms with Gasteiger partial charge in [0.25, 0.3) is 5.91 Å². The van der Waals surface area contributed by atoms with Crippen LogP contribution in [0.2, 0.25) is 0 Å². The maximum absolute atomic E-state index is 12.6. The summed E-state index contributed by atoms with van der Waals surface area (Å²) in [4.78, 5) is 43.1. The molecule has 6 heteroatoms. The topological polar surface area (TPSA) is 66.9 Å². The van der Waals surface area contributed by atoms with Gasteiger partial charge >= 0.3 is 5.91 Å². The number of carbonyl (C=O) groups is 2. The number of piperazine rings is 1. The quantitative estimate of drug-likeness (QED) is 0.629. The molecular weight excluding hydrogens is 296 g/mol. The van der Waals surface area contributed by atoms with Gasteiger partial charge in [0.2, 0.25) is 0 Å². The number of hydroxylamine groups is 2. The second kappa shape index (κ2) is 6.36. The number of amides is 2. The summed E-state index contributed by atoms with van der Waals surface area (Å²) >= 11 is 0. The first-order valence-corrected chi connectivity index (χ1v) is 7.37. The highest BCUT2D eigenvalue weighted by Crippen LogP contribution is 2.25. The molecular formula is C17H20N2O4. The van der Waals surface area contributed by atoms with Crippen LogP contribution < -0.4 is 0 Å². The van der Waals surface area contributed by atoms with Gasteiger partial charge in [-0.05, 0) is 33.3 Å². The zero-order valence-electron chi connectivity index (χ0n) is 13.7. The van der Waals surface area contributed by atoms with E-state index in [4.69, 9.17) is 4.84 Å². The van der Waals surface area contributed by atoms with Crippen LogP contribution in [0.4, 0.5) is 0 Å². The number of hydrogen-bond acceptors (Lipinski definition) is 4. The van der Waals surface area contributed by atoms with Crippen molar-refractivity contribution in [2.45, 2.75) is 45.9 Å². The van der Waals surface area contributed by atoms with Gasteiger partial charge in [-0.1, -0.05) is 30.3 Å². The molecule has 2 amide bonds. The smallest absolute Gasteiger partial charge is 0.292 e. The van der Waals surface area contributed by atoms with Gasteiger partial charge in [0.05, 0.1) is 12.1 Å². The van der Waals surface area contributed by atoms with Crippen LogP contribution in [0, 0.1) is 0 Å². The fourth-order valence-electron chi connectivity index (χ4n) is 2.27. The van der Waals surface area contributed by atoms with E-state index in [-0.39, 0.29) is 18.1 Å². The minimum Gasteiger partial charge on any atom is -0.292 e. The number of benzene rings is 1. The Morgan fingerprint density at radius 3 is 2.30 bits per heavy atom. The maximum Gasteiger partial charge on any atom is 0.306 e. The standard InChI is InChI=1S/C17H20N2O4/c1-12-15(21)18(10-13-8-6-5-7-9-13)14(11-20)16(22)19(12)23-17(2,3)4/h5-9,12H,10H2,1-4H3/t12-/m1/s1. The molecule has 0 aliphatic carbocycles. The largest absolute Gasteiger partial charge is 0.306 e. The van der Waals surface area contributed by atoms with Crippen molar-refractivity contribution in [3.8, 4) is 0 Å². The summed E-state index contributed by atoms with van der Waals surface area (Å²) in [5.41, 5.74) is -0.181. The molecule has 122 valence electrons. The summed E-state index contributed by atoms with van der Waals surface area (Å²) in [5.74, 6) is 0.558. The second-order valence-electron chi connectivity index (χ2n) is 6.37. The molecule has 1 aromatic rings. The van der Waals surface area contributed by atoms with Crippen LogP contribution in [0.5, 0.6) is 0 Å². The molecule has 0 spiro atoms. The van der Waals surface area contributed by atoms with E-state index in [1.165, 1.54) is 0 Å². The van der Waals surface area contributed by atoms with Gasteiger partial charge in [0, 0.05) is 0 Å². The average Bonchev–Trinajstić information content (AvgIpc) is 2.49. The van der Waals surface area contributed by atoms with Crippen molar-refractivity contribution in [1.82, 2.24) is 9.96 Å². The van der Waals surface area contributed by atoms with E-state index in [1.54, 1.807) is 33.6 Å². The Balaban J connectivity index is 2.31. The normalized spacial score (nSPS) is 19.1. The van der Waals surface area contributed by atoms with Crippen molar-refractivity contribution < 1.29 is 19.2 Å². The van der Waals surface area contributed by atoms with Crippen LogP contribution in [-0.4, -0.2) is 39.4 Å². The van der Waals surface area contributed by atoms with Crippen molar-refractivity contribution in [2.24, 2.45) is 0 Å². The fraction of sp³-hybridized carbons (Fsp3) is 0.412. The zero-order chi connectivity index (χ0) is 17.2. The van der Waals surface area contributed by atoms with Crippen molar-refractivity contribution in [3.63, 3.8) is 0 Å². The summed E-state index contributed by atoms with van der Waals surface area (Å²) in [7, 11) is 0. The highest BCUT2D eigenvalue weighted by molar-refractivity contribution is 6.08. The maximum atomic E-state index is 12.6. The Morgan fingerprint density at radius 1 is 1.17 bits per heavy atom. The second-order valence-corrected chi connectivity index (χ2v) is 6.37. The lowest BCUT2D eigenvalue weighted by Gasteiger charge is -2.40. The van der Waals surface area contributed by atoms with Crippen LogP contribution in [-0.2, 0) is 25.8 Å². The molecule has 2 rings (SSSR count). The van der Waals surface area contributed by atoms with Crippen LogP contribution in [0.3, 0.4) is 0 Å². The van der Waals surface area contributed by atoms with Crippen molar-refractivity contribution >= 4 is 17.8 Å². The molecule has 1 aliphatic rings. The van der Waals surface area contributed by atoms with E-state index in [2.05, 4.69) is 0 Å². The SMILES string of the molecule is C[C@@H]1C(=O)N(Cc2ccccc2)C(=C=O)C(=O)N1OC(C)(C)C. The Kier molecular flexibility index (Phi) is 4.68. The van der Waals surface area contributed by atoms with Crippen LogP contribution in [0.15, 0.2) is 36.0 Å². The lowest BCUT2D eigenvalue weighted by molar-refractivity contribution is -0.243. The molecule has 6 nitrogen and oxygen atoms in total. The Hall–Kier alpha value is -2.43. The molecule has 1 fully saturated rings. The lowest BCUT2D eigenvalue weighted by Crippen LogP contribution is -2.58. The number of nitrogens with zero attached hydrogens (tertiary/aromatic N) is 2. The summed E-state index contributed by atoms with van der Waals surface area (Å²) in [6.07, 6.45) is 0. The molecule has 0 aromatic heterocycles. The molecule has 0 N–H and O–H groups in total. The first-order valence-electron chi connectivity index (χ1n) is 7.37. The summed E-state index contributed by atoms with van der Waals surface area (Å²) in [5, 5.41) is 0.962. The lowest BCUT2D eigenvalue weighted by atomic mass is 10.1. The predicted octanol–water partition coefficient (Wildman–Crippen LogP) is 1.69. The third-order valence-corrected chi connectivity index (χ3v) is 3.30. The van der Waals surface area contributed by atoms with Gasteiger partial charge < -0.3 is 0 Å². The molecule has 1 saturated heterocycles. The first-order chi connectivity index (χ1) is 10.7. The van der Waals surface area contributed by atoms with E-state index in [0.29, 0.717) is 0 Å². The predicted molar refractivity (Wildman–Crippen MR) is 83.3 cm³/mol. The minimum absolute atomic E-state index is 0.143. The van der Waals surface area contributed by atoms with Crippen LogP contribution in [0.25, 0.3) is 0 Å².